The Bertz CT molecular complexity index is 2900. The molecule has 2 atom stereocenters. The number of rotatable bonds is 14. The van der Waals surface area contributed by atoms with Crippen molar-refractivity contribution in [3.8, 4) is 22.3 Å². The number of aromatic nitrogens is 4. The number of hydrogen-bond donors (Lipinski definition) is 3. The zero-order valence-electron chi connectivity index (χ0n) is 35.0. The normalized spacial score (nSPS) is 14.1. The van der Waals surface area contributed by atoms with Crippen LogP contribution in [0.5, 0.6) is 0 Å². The third-order valence-electron chi connectivity index (χ3n) is 12.0. The molecule has 3 N–H and O–H groups in total. The first-order valence-corrected chi connectivity index (χ1v) is 21.0. The Morgan fingerprint density at radius 1 is 0.701 bits per heavy atom. The van der Waals surface area contributed by atoms with Crippen LogP contribution < -0.4 is 15.5 Å². The lowest BCUT2D eigenvalue weighted by atomic mass is 9.98. The number of nitrogens with zero attached hydrogens (tertiary/aromatic N) is 5. The number of hydrogen-bond acceptors (Lipinski definition) is 8. The Hall–Kier alpha value is -7.83. The Morgan fingerprint density at radius 3 is 1.70 bits per heavy atom. The first kappa shape index (κ1) is 44.4. The summed E-state index contributed by atoms with van der Waals surface area (Å²) in [6, 6.07) is 33.4. The van der Waals surface area contributed by atoms with Gasteiger partial charge in [0.05, 0.1) is 17.3 Å². The molecule has 2 aromatic heterocycles. The maximum absolute atomic E-state index is 15.4. The van der Waals surface area contributed by atoms with Gasteiger partial charge in [-0.15, -0.1) is 0 Å². The third-order valence-corrected chi connectivity index (χ3v) is 12.0. The van der Waals surface area contributed by atoms with Gasteiger partial charge in [0.25, 0.3) is 0 Å². The van der Waals surface area contributed by atoms with Crippen molar-refractivity contribution in [3.05, 3.63) is 162 Å². The molecule has 2 aliphatic rings. The molecule has 0 bridgehead atoms. The van der Waals surface area contributed by atoms with Crippen LogP contribution in [-0.4, -0.2) is 80.9 Å². The lowest BCUT2D eigenvalue weighted by molar-refractivity contribution is -0.174. The molecular weight excluding hydrogens is 885 g/mol. The van der Waals surface area contributed by atoms with Gasteiger partial charge in [-0.1, -0.05) is 97.1 Å². The van der Waals surface area contributed by atoms with Gasteiger partial charge in [-0.25, -0.2) is 19.4 Å². The van der Waals surface area contributed by atoms with E-state index in [1.54, 1.807) is 29.6 Å². The van der Waals surface area contributed by atoms with E-state index < -0.39 is 67.2 Å². The van der Waals surface area contributed by atoms with Gasteiger partial charge < -0.3 is 19.5 Å². The molecule has 0 fully saturated rings. The fourth-order valence-corrected chi connectivity index (χ4v) is 9.01. The van der Waals surface area contributed by atoms with Gasteiger partial charge in [0.15, 0.2) is 0 Å². The molecule has 7 aromatic rings. The molecular formula is C48H39F6N7O6. The molecule has 9 rings (SSSR count). The van der Waals surface area contributed by atoms with Gasteiger partial charge in [-0.2, -0.15) is 31.4 Å². The summed E-state index contributed by atoms with van der Waals surface area (Å²) in [5, 5.41) is 17.7. The third kappa shape index (κ3) is 8.83. The van der Waals surface area contributed by atoms with E-state index >= 15 is 26.3 Å². The number of aromatic carboxylic acids is 1. The summed E-state index contributed by atoms with van der Waals surface area (Å²) in [5.41, 5.74) is 7.09. The number of aryl methyl sites for hydroxylation is 1. The molecule has 0 aliphatic heterocycles. The number of ether oxygens (including phenoxy) is 2. The van der Waals surface area contributed by atoms with Gasteiger partial charge in [0, 0.05) is 42.7 Å². The van der Waals surface area contributed by atoms with E-state index in [9.17, 15) is 19.5 Å². The lowest BCUT2D eigenvalue weighted by Gasteiger charge is -2.35. The van der Waals surface area contributed by atoms with E-state index in [2.05, 4.69) is 10.1 Å². The van der Waals surface area contributed by atoms with E-state index in [-0.39, 0.29) is 31.7 Å². The van der Waals surface area contributed by atoms with Crippen molar-refractivity contribution < 1.29 is 55.3 Å². The second kappa shape index (κ2) is 17.9. The number of fused-ring (bicyclic) bond motifs is 7. The number of carboxylic acids is 1. The minimum Gasteiger partial charge on any atom is -0.478 e. The minimum atomic E-state index is -5.35. The molecule has 2 heterocycles. The fourth-order valence-electron chi connectivity index (χ4n) is 9.01. The molecule has 5 aromatic carbocycles. The average molecular weight is 924 g/mol. The summed E-state index contributed by atoms with van der Waals surface area (Å²) in [7, 11) is 0. The highest BCUT2D eigenvalue weighted by Crippen LogP contribution is 2.46. The Morgan fingerprint density at radius 2 is 1.21 bits per heavy atom. The van der Waals surface area contributed by atoms with Crippen LogP contribution in [0.25, 0.3) is 33.2 Å². The number of carbonyl (C=O) groups is 3. The van der Waals surface area contributed by atoms with Crippen LogP contribution >= 0.6 is 0 Å². The van der Waals surface area contributed by atoms with E-state index in [1.807, 2.05) is 78.1 Å². The monoisotopic (exact) mass is 923 g/mol. The van der Waals surface area contributed by atoms with Crippen LogP contribution in [0.3, 0.4) is 0 Å². The summed E-state index contributed by atoms with van der Waals surface area (Å²) in [6.45, 7) is -1.51. The summed E-state index contributed by atoms with van der Waals surface area (Å²) < 4.78 is 104. The number of halogens is 6. The second-order valence-corrected chi connectivity index (χ2v) is 16.0. The number of benzene rings is 5. The van der Waals surface area contributed by atoms with Crippen molar-refractivity contribution in [2.75, 3.05) is 24.7 Å². The maximum atomic E-state index is 15.4. The Kier molecular flexibility index (Phi) is 11.8. The van der Waals surface area contributed by atoms with Crippen molar-refractivity contribution in [3.63, 3.8) is 0 Å². The largest absolute Gasteiger partial charge is 0.478 e. The van der Waals surface area contributed by atoms with Crippen LogP contribution in [0, 0.1) is 0 Å². The van der Waals surface area contributed by atoms with Gasteiger partial charge in [-0.3, -0.25) is 19.9 Å². The Labute approximate surface area is 377 Å². The highest BCUT2D eigenvalue weighted by molar-refractivity contribution is 5.93. The van der Waals surface area contributed by atoms with Crippen molar-refractivity contribution >= 4 is 35.0 Å². The number of carboxylic acid groups (broad SMARTS) is 1. The second-order valence-electron chi connectivity index (χ2n) is 16.0. The van der Waals surface area contributed by atoms with Crippen molar-refractivity contribution in [1.82, 2.24) is 30.0 Å². The number of anilines is 1. The first-order valence-electron chi connectivity index (χ1n) is 21.0. The van der Waals surface area contributed by atoms with Gasteiger partial charge in [0.1, 0.15) is 13.2 Å². The molecule has 19 heteroatoms. The van der Waals surface area contributed by atoms with Gasteiger partial charge in [-0.05, 0) is 69.1 Å². The zero-order chi connectivity index (χ0) is 47.0. The van der Waals surface area contributed by atoms with Gasteiger partial charge in [0.2, 0.25) is 18.3 Å². The van der Waals surface area contributed by atoms with E-state index in [1.165, 1.54) is 29.1 Å². The molecule has 2 unspecified atom stereocenters. The number of amides is 2. The first-order chi connectivity index (χ1) is 32.2. The Balaban J connectivity index is 0.984. The average Bonchev–Trinajstić information content (AvgIpc) is 4.09. The van der Waals surface area contributed by atoms with Crippen LogP contribution in [0.15, 0.2) is 134 Å². The minimum absolute atomic E-state index is 0.0247. The summed E-state index contributed by atoms with van der Waals surface area (Å²) in [6.07, 6.45) is -16.9. The number of carbonyl (C=O) groups excluding carboxylic acids is 2. The number of alkyl halides is 6. The molecule has 2 amide bonds. The lowest BCUT2D eigenvalue weighted by Crippen LogP contribution is -2.58. The van der Waals surface area contributed by atoms with Crippen LogP contribution in [0.1, 0.15) is 57.0 Å². The summed E-state index contributed by atoms with van der Waals surface area (Å²) in [5.74, 6) is -3.14. The van der Waals surface area contributed by atoms with E-state index in [0.717, 1.165) is 56.9 Å². The summed E-state index contributed by atoms with van der Waals surface area (Å²) >= 11 is 0. The maximum Gasteiger partial charge on any atom is 0.428 e. The standard InChI is InChI=1S/C48H39F6N7O6/c49-47(50,51)42(57-45(64)66-26-38-34-14-5-1-10-30(34)31-11-2-6-15-35(31)38)59(21-9-22-61-40-19-18-28(41(62)63)24-29(40)25-56-61)44-55-20-23-60(44)43(48(52,53)54)58-46(65)67-27-39-36-16-7-3-12-32(36)33-13-4-8-17-37(33)39/h1-8,10-20,23-25,38-39,42-43H,9,21-22,26-27H2,(H,57,64)(H,58,65)(H,62,63). The topological polar surface area (TPSA) is 153 Å². The van der Waals surface area contributed by atoms with Crippen LogP contribution in [-0.2, 0) is 16.0 Å². The highest BCUT2D eigenvalue weighted by atomic mass is 19.4. The molecule has 0 spiro atoms. The molecule has 2 aliphatic carbocycles. The number of alkyl carbamates (subject to hydrolysis) is 2. The molecule has 67 heavy (non-hydrogen) atoms. The van der Waals surface area contributed by atoms with Crippen molar-refractivity contribution in [1.29, 1.82) is 0 Å². The quantitative estimate of drug-likeness (QED) is 0.0715. The zero-order valence-corrected chi connectivity index (χ0v) is 35.0. The van der Waals surface area contributed by atoms with Crippen LogP contribution in [0.2, 0.25) is 0 Å². The molecule has 0 saturated heterocycles. The van der Waals surface area contributed by atoms with E-state index in [4.69, 9.17) is 9.47 Å². The number of imidazole rings is 1. The molecule has 0 radical (unpaired) electrons. The highest BCUT2D eigenvalue weighted by Gasteiger charge is 2.49. The number of nitrogens with one attached hydrogen (secondary N) is 2. The van der Waals surface area contributed by atoms with Gasteiger partial charge >= 0.3 is 30.5 Å². The van der Waals surface area contributed by atoms with Crippen LogP contribution in [0.4, 0.5) is 41.9 Å². The van der Waals surface area contributed by atoms with Crippen molar-refractivity contribution in [2.45, 2.75) is 49.5 Å². The fraction of sp³-hybridized carbons (Fsp3) is 0.229. The molecule has 13 nitrogen and oxygen atoms in total. The summed E-state index contributed by atoms with van der Waals surface area (Å²) in [4.78, 5) is 42.7. The predicted octanol–water partition coefficient (Wildman–Crippen LogP) is 9.85. The SMILES string of the molecule is O=C(NC(N(CCCn1ncc2cc(C(=O)O)ccc21)c1nccn1C(NC(=O)OCC1c2ccccc2-c2ccccc21)C(F)(F)F)C(F)(F)F)OCC1c2ccccc2-c2ccccc21. The smallest absolute Gasteiger partial charge is 0.428 e. The predicted molar refractivity (Wildman–Crippen MR) is 232 cm³/mol. The molecule has 344 valence electrons. The van der Waals surface area contributed by atoms with E-state index in [0.29, 0.717) is 20.4 Å². The van der Waals surface area contributed by atoms with Crippen molar-refractivity contribution in [2.24, 2.45) is 0 Å². The molecule has 0 saturated carbocycles.